The van der Waals surface area contributed by atoms with Crippen LogP contribution in [0.2, 0.25) is 0 Å². The number of halogens is 1. The Labute approximate surface area is 94.6 Å². The van der Waals surface area contributed by atoms with E-state index in [-0.39, 0.29) is 0 Å². The van der Waals surface area contributed by atoms with Crippen LogP contribution in [-0.2, 0) is 0 Å². The maximum absolute atomic E-state index is 6.24. The lowest BCUT2D eigenvalue weighted by atomic mass is 9.67. The van der Waals surface area contributed by atoms with Crippen LogP contribution in [0.4, 0.5) is 0 Å². The van der Waals surface area contributed by atoms with Crippen LogP contribution in [0.1, 0.15) is 44.6 Å². The normalized spacial score (nSPS) is 31.6. The second-order valence-electron chi connectivity index (χ2n) is 4.87. The zero-order chi connectivity index (χ0) is 10.2. The van der Waals surface area contributed by atoms with Gasteiger partial charge in [-0.15, -0.1) is 11.6 Å². The van der Waals surface area contributed by atoms with E-state index in [4.69, 9.17) is 11.6 Å². The van der Waals surface area contributed by atoms with Crippen LogP contribution in [0.5, 0.6) is 0 Å². The third-order valence-electron chi connectivity index (χ3n) is 3.39. The Hall–Kier alpha value is -0.0800. The molecule has 2 unspecified atom stereocenters. The van der Waals surface area contributed by atoms with Gasteiger partial charge in [-0.1, -0.05) is 13.8 Å². The average Bonchev–Trinajstić information content (AvgIpc) is 2.62. The molecular formula is C11H16ClNS. The monoisotopic (exact) mass is 229 g/mol. The smallest absolute Gasteiger partial charge is 0.0441 e. The third kappa shape index (κ3) is 1.96. The van der Waals surface area contributed by atoms with Crippen LogP contribution in [0.3, 0.4) is 0 Å². The molecule has 1 saturated carbocycles. The molecule has 0 aromatic carbocycles. The summed E-state index contributed by atoms with van der Waals surface area (Å²) in [4.78, 5) is 0. The Morgan fingerprint density at radius 3 is 3.00 bits per heavy atom. The van der Waals surface area contributed by atoms with E-state index in [0.717, 1.165) is 12.8 Å². The van der Waals surface area contributed by atoms with E-state index in [1.807, 2.05) is 6.20 Å². The van der Waals surface area contributed by atoms with Gasteiger partial charge in [0, 0.05) is 17.0 Å². The van der Waals surface area contributed by atoms with Crippen LogP contribution >= 0.6 is 23.1 Å². The fraction of sp³-hybridized carbons (Fsp3) is 0.727. The topological polar surface area (TPSA) is 12.9 Å². The SMILES string of the molecule is CC1(C)CCC(Cl)CC1c1cnsc1. The molecule has 1 aliphatic rings. The highest BCUT2D eigenvalue weighted by Gasteiger charge is 2.36. The molecule has 3 heteroatoms. The van der Waals surface area contributed by atoms with Crippen molar-refractivity contribution >= 4 is 23.1 Å². The summed E-state index contributed by atoms with van der Waals surface area (Å²) in [7, 11) is 0. The minimum absolute atomic E-state index is 0.355. The summed E-state index contributed by atoms with van der Waals surface area (Å²) in [5.74, 6) is 0.595. The first-order valence-corrected chi connectivity index (χ1v) is 6.40. The lowest BCUT2D eigenvalue weighted by Crippen LogP contribution is -2.30. The first-order valence-electron chi connectivity index (χ1n) is 5.13. The van der Waals surface area contributed by atoms with E-state index < -0.39 is 0 Å². The summed E-state index contributed by atoms with van der Waals surface area (Å²) in [6.45, 7) is 4.69. The van der Waals surface area contributed by atoms with Crippen LogP contribution in [0.15, 0.2) is 11.6 Å². The average molecular weight is 230 g/mol. The summed E-state index contributed by atoms with van der Waals surface area (Å²) in [6.07, 6.45) is 5.49. The molecule has 0 aliphatic heterocycles. The fourth-order valence-corrected chi connectivity index (χ4v) is 3.25. The Morgan fingerprint density at radius 1 is 1.57 bits per heavy atom. The molecule has 1 aliphatic carbocycles. The van der Waals surface area contributed by atoms with Crippen molar-refractivity contribution in [2.45, 2.75) is 44.4 Å². The predicted molar refractivity (Wildman–Crippen MR) is 62.1 cm³/mol. The molecular weight excluding hydrogens is 214 g/mol. The molecule has 1 aromatic heterocycles. The van der Waals surface area contributed by atoms with Gasteiger partial charge in [-0.25, -0.2) is 4.37 Å². The number of nitrogens with zero attached hydrogens (tertiary/aromatic N) is 1. The van der Waals surface area contributed by atoms with Crippen LogP contribution in [0.25, 0.3) is 0 Å². The molecule has 0 bridgehead atoms. The standard InChI is InChI=1S/C11H16ClNS/c1-11(2)4-3-9(12)5-10(11)8-6-13-14-7-8/h6-7,9-10H,3-5H2,1-2H3. The van der Waals surface area contributed by atoms with Crippen molar-refractivity contribution in [1.29, 1.82) is 0 Å². The van der Waals surface area contributed by atoms with Gasteiger partial charge >= 0.3 is 0 Å². The molecule has 1 heterocycles. The van der Waals surface area contributed by atoms with Gasteiger partial charge in [-0.3, -0.25) is 0 Å². The van der Waals surface area contributed by atoms with Gasteiger partial charge in [0.15, 0.2) is 0 Å². The molecule has 0 radical (unpaired) electrons. The minimum atomic E-state index is 0.355. The minimum Gasteiger partial charge on any atom is -0.201 e. The van der Waals surface area contributed by atoms with Gasteiger partial charge in [0.25, 0.3) is 0 Å². The zero-order valence-electron chi connectivity index (χ0n) is 8.66. The summed E-state index contributed by atoms with van der Waals surface area (Å²) >= 11 is 7.78. The molecule has 14 heavy (non-hydrogen) atoms. The van der Waals surface area contributed by atoms with Crippen LogP contribution in [0, 0.1) is 5.41 Å². The quantitative estimate of drug-likeness (QED) is 0.663. The van der Waals surface area contributed by atoms with Gasteiger partial charge in [0.1, 0.15) is 0 Å². The second-order valence-corrected chi connectivity index (χ2v) is 6.15. The van der Waals surface area contributed by atoms with E-state index in [0.29, 0.717) is 16.7 Å². The van der Waals surface area contributed by atoms with Gasteiger partial charge in [-0.2, -0.15) is 0 Å². The molecule has 0 saturated heterocycles. The van der Waals surface area contributed by atoms with Crippen LogP contribution in [-0.4, -0.2) is 9.75 Å². The fourth-order valence-electron chi connectivity index (χ4n) is 2.37. The molecule has 78 valence electrons. The van der Waals surface area contributed by atoms with Crippen molar-refractivity contribution in [3.05, 3.63) is 17.1 Å². The van der Waals surface area contributed by atoms with Crippen molar-refractivity contribution in [2.75, 3.05) is 0 Å². The van der Waals surface area contributed by atoms with E-state index >= 15 is 0 Å². The van der Waals surface area contributed by atoms with Gasteiger partial charge in [0.05, 0.1) is 0 Å². The summed E-state index contributed by atoms with van der Waals surface area (Å²) in [6, 6.07) is 0. The van der Waals surface area contributed by atoms with Crippen molar-refractivity contribution in [1.82, 2.24) is 4.37 Å². The van der Waals surface area contributed by atoms with Gasteiger partial charge in [-0.05, 0) is 47.7 Å². The van der Waals surface area contributed by atoms with Crippen molar-refractivity contribution in [2.24, 2.45) is 5.41 Å². The summed E-state index contributed by atoms with van der Waals surface area (Å²) in [5.41, 5.74) is 1.76. The highest BCUT2D eigenvalue weighted by Crippen LogP contribution is 2.48. The number of alkyl halides is 1. The second kappa shape index (κ2) is 3.82. The first kappa shape index (κ1) is 10.4. The van der Waals surface area contributed by atoms with Crippen molar-refractivity contribution < 1.29 is 0 Å². The Morgan fingerprint density at radius 2 is 2.36 bits per heavy atom. The molecule has 1 aromatic rings. The molecule has 0 amide bonds. The Bertz CT molecular complexity index is 294. The molecule has 1 fully saturated rings. The summed E-state index contributed by atoms with van der Waals surface area (Å²) < 4.78 is 4.19. The van der Waals surface area contributed by atoms with Crippen molar-refractivity contribution in [3.63, 3.8) is 0 Å². The maximum Gasteiger partial charge on any atom is 0.0441 e. The molecule has 1 nitrogen and oxygen atoms in total. The van der Waals surface area contributed by atoms with Gasteiger partial charge in [0.2, 0.25) is 0 Å². The Balaban J connectivity index is 2.22. The molecule has 2 atom stereocenters. The van der Waals surface area contributed by atoms with E-state index in [1.165, 1.54) is 12.0 Å². The molecule has 2 rings (SSSR count). The lowest BCUT2D eigenvalue weighted by molar-refractivity contribution is 0.202. The van der Waals surface area contributed by atoms with E-state index in [1.54, 1.807) is 11.5 Å². The predicted octanol–water partition coefficient (Wildman–Crippen LogP) is 4.04. The number of rotatable bonds is 1. The van der Waals surface area contributed by atoms with Crippen molar-refractivity contribution in [3.8, 4) is 0 Å². The largest absolute Gasteiger partial charge is 0.201 e. The highest BCUT2D eigenvalue weighted by molar-refractivity contribution is 7.03. The number of hydrogen-bond donors (Lipinski definition) is 0. The first-order chi connectivity index (χ1) is 6.59. The van der Waals surface area contributed by atoms with E-state index in [2.05, 4.69) is 23.6 Å². The Kier molecular flexibility index (Phi) is 2.85. The van der Waals surface area contributed by atoms with E-state index in [9.17, 15) is 0 Å². The zero-order valence-corrected chi connectivity index (χ0v) is 10.2. The van der Waals surface area contributed by atoms with Gasteiger partial charge < -0.3 is 0 Å². The molecule has 0 N–H and O–H groups in total. The third-order valence-corrected chi connectivity index (χ3v) is 4.39. The summed E-state index contributed by atoms with van der Waals surface area (Å²) in [5, 5.41) is 2.52. The number of aromatic nitrogens is 1. The number of hydrogen-bond acceptors (Lipinski definition) is 2. The van der Waals surface area contributed by atoms with Crippen LogP contribution < -0.4 is 0 Å². The highest BCUT2D eigenvalue weighted by atomic mass is 35.5. The maximum atomic E-state index is 6.24. The lowest BCUT2D eigenvalue weighted by Gasteiger charge is -2.40. The molecule has 0 spiro atoms.